The number of nitrogens with one attached hydrogen (secondary N) is 1. The molecule has 2 rings (SSSR count). The Kier molecular flexibility index (Phi) is 4.43. The Morgan fingerprint density at radius 1 is 1.48 bits per heavy atom. The second-order valence-corrected chi connectivity index (χ2v) is 6.13. The minimum absolute atomic E-state index is 0.0687. The molecule has 0 bridgehead atoms. The van der Waals surface area contributed by atoms with Crippen LogP contribution in [-0.2, 0) is 21.4 Å². The summed E-state index contributed by atoms with van der Waals surface area (Å²) < 4.78 is 27.8. The molecule has 0 fully saturated rings. The molecule has 0 unspecified atom stereocenters. The van der Waals surface area contributed by atoms with E-state index in [1.165, 1.54) is 29.2 Å². The van der Waals surface area contributed by atoms with Gasteiger partial charge < -0.3 is 5.11 Å². The zero-order chi connectivity index (χ0) is 15.5. The molecule has 0 saturated heterocycles. The third-order valence-corrected chi connectivity index (χ3v) is 4.00. The van der Waals surface area contributed by atoms with Crippen LogP contribution < -0.4 is 4.72 Å². The number of rotatable bonds is 6. The van der Waals surface area contributed by atoms with E-state index in [-0.39, 0.29) is 28.7 Å². The fourth-order valence-electron chi connectivity index (χ4n) is 1.50. The van der Waals surface area contributed by atoms with Gasteiger partial charge in [0, 0.05) is 12.4 Å². The highest BCUT2D eigenvalue weighted by Crippen LogP contribution is 2.17. The summed E-state index contributed by atoms with van der Waals surface area (Å²) in [6.07, 6.45) is 3.63. The third kappa shape index (κ3) is 4.17. The lowest BCUT2D eigenvalue weighted by Crippen LogP contribution is -2.12. The smallest absolute Gasteiger partial charge is 0.305 e. The van der Waals surface area contributed by atoms with E-state index in [0.717, 1.165) is 6.20 Å². The minimum atomic E-state index is -3.82. The molecular formula is C11H11ClN4O4S. The largest absolute Gasteiger partial charge is 0.481 e. The molecule has 0 aliphatic heterocycles. The van der Waals surface area contributed by atoms with E-state index in [1.54, 1.807) is 0 Å². The summed E-state index contributed by atoms with van der Waals surface area (Å²) in [4.78, 5) is 14.1. The number of hydrogen-bond acceptors (Lipinski definition) is 5. The van der Waals surface area contributed by atoms with Gasteiger partial charge in [0.05, 0.1) is 24.8 Å². The van der Waals surface area contributed by atoms with Crippen LogP contribution in [0.25, 0.3) is 0 Å². The lowest BCUT2D eigenvalue weighted by atomic mass is 10.4. The molecule has 10 heteroatoms. The van der Waals surface area contributed by atoms with Crippen molar-refractivity contribution in [1.29, 1.82) is 0 Å². The highest BCUT2D eigenvalue weighted by Gasteiger charge is 2.17. The molecular weight excluding hydrogens is 320 g/mol. The van der Waals surface area contributed by atoms with E-state index in [1.807, 2.05) is 0 Å². The first kappa shape index (κ1) is 15.3. The molecule has 0 radical (unpaired) electrons. The Morgan fingerprint density at radius 3 is 2.90 bits per heavy atom. The van der Waals surface area contributed by atoms with Crippen molar-refractivity contribution in [2.24, 2.45) is 0 Å². The van der Waals surface area contributed by atoms with Crippen molar-refractivity contribution in [3.63, 3.8) is 0 Å². The summed E-state index contributed by atoms with van der Waals surface area (Å²) in [6.45, 7) is 0.0892. The maximum atomic E-state index is 12.1. The van der Waals surface area contributed by atoms with Crippen molar-refractivity contribution < 1.29 is 18.3 Å². The second kappa shape index (κ2) is 6.10. The van der Waals surface area contributed by atoms with Crippen LogP contribution in [0.2, 0.25) is 5.15 Å². The molecule has 21 heavy (non-hydrogen) atoms. The predicted octanol–water partition coefficient (Wildman–Crippen LogP) is 1.21. The topological polar surface area (TPSA) is 114 Å². The second-order valence-electron chi connectivity index (χ2n) is 4.06. The number of sulfonamides is 1. The Hall–Kier alpha value is -2.13. The van der Waals surface area contributed by atoms with Gasteiger partial charge in [0.25, 0.3) is 10.0 Å². The number of hydrogen-bond donors (Lipinski definition) is 2. The fraction of sp³-hybridized carbons (Fsp3) is 0.182. The van der Waals surface area contributed by atoms with Gasteiger partial charge in [0.2, 0.25) is 0 Å². The molecule has 0 saturated carbocycles. The van der Waals surface area contributed by atoms with Crippen LogP contribution in [0.4, 0.5) is 5.69 Å². The number of carboxylic acids is 1. The molecule has 0 spiro atoms. The minimum Gasteiger partial charge on any atom is -0.481 e. The molecule has 2 aromatic heterocycles. The van der Waals surface area contributed by atoms with Crippen molar-refractivity contribution in [2.75, 3.05) is 4.72 Å². The van der Waals surface area contributed by atoms with Gasteiger partial charge in [-0.25, -0.2) is 13.4 Å². The number of nitrogens with zero attached hydrogens (tertiary/aromatic N) is 3. The van der Waals surface area contributed by atoms with Gasteiger partial charge in [0.1, 0.15) is 10.0 Å². The van der Waals surface area contributed by atoms with Crippen LogP contribution in [0.5, 0.6) is 0 Å². The van der Waals surface area contributed by atoms with E-state index in [0.29, 0.717) is 0 Å². The Bertz CT molecular complexity index is 759. The number of carboxylic acid groups (broad SMARTS) is 1. The van der Waals surface area contributed by atoms with E-state index in [4.69, 9.17) is 16.7 Å². The molecule has 0 amide bonds. The quantitative estimate of drug-likeness (QED) is 0.769. The van der Waals surface area contributed by atoms with Crippen LogP contribution >= 0.6 is 11.6 Å². The van der Waals surface area contributed by atoms with E-state index < -0.39 is 16.0 Å². The molecule has 2 heterocycles. The van der Waals surface area contributed by atoms with E-state index >= 15 is 0 Å². The Morgan fingerprint density at radius 2 is 2.24 bits per heavy atom. The fourth-order valence-corrected chi connectivity index (χ4v) is 2.67. The predicted molar refractivity (Wildman–Crippen MR) is 74.5 cm³/mol. The first-order valence-electron chi connectivity index (χ1n) is 5.75. The van der Waals surface area contributed by atoms with Crippen molar-refractivity contribution in [1.82, 2.24) is 14.8 Å². The number of aliphatic carboxylic acids is 1. The summed E-state index contributed by atoms with van der Waals surface area (Å²) in [7, 11) is -3.82. The summed E-state index contributed by atoms with van der Waals surface area (Å²) >= 11 is 5.68. The average Bonchev–Trinajstić information content (AvgIpc) is 2.85. The highest BCUT2D eigenvalue weighted by molar-refractivity contribution is 7.92. The highest BCUT2D eigenvalue weighted by atomic mass is 35.5. The zero-order valence-corrected chi connectivity index (χ0v) is 12.2. The monoisotopic (exact) mass is 330 g/mol. The van der Waals surface area contributed by atoms with Gasteiger partial charge in [0.15, 0.2) is 0 Å². The number of aromatic nitrogens is 3. The maximum Gasteiger partial charge on any atom is 0.305 e. The third-order valence-electron chi connectivity index (χ3n) is 2.45. The molecule has 112 valence electrons. The summed E-state index contributed by atoms with van der Waals surface area (Å²) in [6, 6.07) is 2.83. The number of pyridine rings is 1. The van der Waals surface area contributed by atoms with Gasteiger partial charge in [-0.2, -0.15) is 5.10 Å². The van der Waals surface area contributed by atoms with Crippen molar-refractivity contribution in [3.8, 4) is 0 Å². The van der Waals surface area contributed by atoms with Crippen LogP contribution in [0.1, 0.15) is 6.42 Å². The van der Waals surface area contributed by atoms with Gasteiger partial charge >= 0.3 is 5.97 Å². The molecule has 0 aliphatic carbocycles. The average molecular weight is 331 g/mol. The summed E-state index contributed by atoms with van der Waals surface area (Å²) in [5.41, 5.74) is 0.272. The van der Waals surface area contributed by atoms with Crippen LogP contribution in [0, 0.1) is 0 Å². The molecule has 2 aromatic rings. The van der Waals surface area contributed by atoms with E-state index in [9.17, 15) is 13.2 Å². The first-order valence-corrected chi connectivity index (χ1v) is 7.61. The van der Waals surface area contributed by atoms with Crippen LogP contribution in [0.15, 0.2) is 35.6 Å². The lowest BCUT2D eigenvalue weighted by molar-refractivity contribution is -0.137. The molecule has 8 nitrogen and oxygen atoms in total. The zero-order valence-electron chi connectivity index (χ0n) is 10.6. The Labute approximate surface area is 125 Å². The standard InChI is InChI=1S/C11H11ClN4O4S/c12-10-5-8(1-3-13-10)15-21(19,20)9-6-14-16(7-9)4-2-11(17)18/h1,3,5-7H,2,4H2,(H,13,15)(H,17,18). The Balaban J connectivity index is 2.14. The van der Waals surface area contributed by atoms with Gasteiger partial charge in [-0.05, 0) is 12.1 Å². The molecule has 0 aliphatic rings. The van der Waals surface area contributed by atoms with E-state index in [2.05, 4.69) is 14.8 Å². The number of halogens is 1. The maximum absolute atomic E-state index is 12.1. The number of aryl methyl sites for hydroxylation is 1. The number of anilines is 1. The first-order chi connectivity index (χ1) is 9.87. The van der Waals surface area contributed by atoms with Gasteiger partial charge in [-0.15, -0.1) is 0 Å². The lowest BCUT2D eigenvalue weighted by Gasteiger charge is -2.05. The number of carbonyl (C=O) groups is 1. The van der Waals surface area contributed by atoms with Crippen molar-refractivity contribution in [3.05, 3.63) is 35.9 Å². The molecule has 0 atom stereocenters. The summed E-state index contributed by atoms with van der Waals surface area (Å²) in [5.74, 6) is -0.987. The van der Waals surface area contributed by atoms with Crippen molar-refractivity contribution >= 4 is 33.3 Å². The van der Waals surface area contributed by atoms with Crippen LogP contribution in [0.3, 0.4) is 0 Å². The van der Waals surface area contributed by atoms with Crippen LogP contribution in [-0.4, -0.2) is 34.3 Å². The molecule has 0 aromatic carbocycles. The normalized spacial score (nSPS) is 11.3. The summed E-state index contributed by atoms with van der Waals surface area (Å²) in [5, 5.41) is 12.5. The van der Waals surface area contributed by atoms with Gasteiger partial charge in [-0.1, -0.05) is 11.6 Å². The molecule has 2 N–H and O–H groups in total. The SMILES string of the molecule is O=C(O)CCn1cc(S(=O)(=O)Nc2ccnc(Cl)c2)cn1. The van der Waals surface area contributed by atoms with Crippen molar-refractivity contribution in [2.45, 2.75) is 17.9 Å². The van der Waals surface area contributed by atoms with Gasteiger partial charge in [-0.3, -0.25) is 14.2 Å².